The van der Waals surface area contributed by atoms with E-state index in [2.05, 4.69) is 0 Å². The zero-order chi connectivity index (χ0) is 20.5. The van der Waals surface area contributed by atoms with Crippen molar-refractivity contribution in [1.29, 1.82) is 0 Å². The minimum atomic E-state index is -3.57. The first kappa shape index (κ1) is 21.5. The van der Waals surface area contributed by atoms with Gasteiger partial charge < -0.3 is 9.80 Å². The molecule has 8 nitrogen and oxygen atoms in total. The Hall–Kier alpha value is -1.20. The van der Waals surface area contributed by atoms with Crippen molar-refractivity contribution in [2.24, 2.45) is 0 Å². The number of sulfonamides is 1. The van der Waals surface area contributed by atoms with Crippen molar-refractivity contribution < 1.29 is 18.0 Å². The van der Waals surface area contributed by atoms with Crippen LogP contribution in [0.1, 0.15) is 12.8 Å². The Balaban J connectivity index is 1.56. The van der Waals surface area contributed by atoms with Crippen LogP contribution in [0.3, 0.4) is 0 Å². The molecule has 3 heterocycles. The Morgan fingerprint density at radius 1 is 1.18 bits per heavy atom. The van der Waals surface area contributed by atoms with Crippen LogP contribution in [0.4, 0.5) is 0 Å². The van der Waals surface area contributed by atoms with Gasteiger partial charge in [0.15, 0.2) is 0 Å². The van der Waals surface area contributed by atoms with Crippen molar-refractivity contribution >= 4 is 44.8 Å². The Morgan fingerprint density at radius 3 is 2.43 bits per heavy atom. The summed E-state index contributed by atoms with van der Waals surface area (Å²) in [6.45, 7) is 2.11. The molecule has 1 unspecified atom stereocenters. The standard InChI is InChI=1S/C17H25ClN4O4S2/c1-19(2)17(24)13-4-3-7-21(13)12-15(23)20-8-10-22(11-9-20)28(25,26)16-6-5-14(18)27-16/h5-6,13H,3-4,7-12H2,1-2H3. The van der Waals surface area contributed by atoms with Gasteiger partial charge in [-0.15, -0.1) is 11.3 Å². The molecule has 3 rings (SSSR count). The molecular formula is C17H25ClN4O4S2. The average molecular weight is 449 g/mol. The quantitative estimate of drug-likeness (QED) is 0.665. The summed E-state index contributed by atoms with van der Waals surface area (Å²) in [7, 11) is -0.127. The average Bonchev–Trinajstić information content (AvgIpc) is 3.30. The van der Waals surface area contributed by atoms with Gasteiger partial charge in [-0.3, -0.25) is 14.5 Å². The van der Waals surface area contributed by atoms with Gasteiger partial charge in [0.1, 0.15) is 4.21 Å². The van der Waals surface area contributed by atoms with Crippen LogP contribution in [0.15, 0.2) is 16.3 Å². The van der Waals surface area contributed by atoms with Crippen LogP contribution in [0.5, 0.6) is 0 Å². The van der Waals surface area contributed by atoms with Gasteiger partial charge >= 0.3 is 0 Å². The zero-order valence-corrected chi connectivity index (χ0v) is 18.4. The van der Waals surface area contributed by atoms with E-state index in [0.29, 0.717) is 17.4 Å². The monoisotopic (exact) mass is 448 g/mol. The van der Waals surface area contributed by atoms with E-state index in [1.54, 1.807) is 30.0 Å². The van der Waals surface area contributed by atoms with E-state index in [-0.39, 0.29) is 41.7 Å². The predicted octanol–water partition coefficient (Wildman–Crippen LogP) is 0.787. The van der Waals surface area contributed by atoms with Crippen LogP contribution in [-0.2, 0) is 19.6 Å². The van der Waals surface area contributed by atoms with Gasteiger partial charge in [0.25, 0.3) is 10.0 Å². The molecule has 0 spiro atoms. The number of hydrogen-bond donors (Lipinski definition) is 0. The molecule has 2 fully saturated rings. The Labute approximate surface area is 174 Å². The number of nitrogens with zero attached hydrogens (tertiary/aromatic N) is 4. The summed E-state index contributed by atoms with van der Waals surface area (Å²) in [6, 6.07) is 2.83. The number of amides is 2. The van der Waals surface area contributed by atoms with Crippen molar-refractivity contribution in [3.05, 3.63) is 16.5 Å². The molecule has 0 bridgehead atoms. The SMILES string of the molecule is CN(C)C(=O)C1CCCN1CC(=O)N1CCN(S(=O)(=O)c2ccc(Cl)s2)CC1. The van der Waals surface area contributed by atoms with Crippen LogP contribution in [-0.4, -0.2) is 98.6 Å². The lowest BCUT2D eigenvalue weighted by molar-refractivity contribution is -0.137. The fourth-order valence-electron chi connectivity index (χ4n) is 3.61. The third-order valence-corrected chi connectivity index (χ3v) is 8.76. The molecule has 2 amide bonds. The van der Waals surface area contributed by atoms with Gasteiger partial charge in [-0.1, -0.05) is 11.6 Å². The van der Waals surface area contributed by atoms with Crippen LogP contribution >= 0.6 is 22.9 Å². The van der Waals surface area contributed by atoms with E-state index >= 15 is 0 Å². The number of hydrogen-bond acceptors (Lipinski definition) is 6. The summed E-state index contributed by atoms with van der Waals surface area (Å²) in [5.41, 5.74) is 0. The topological polar surface area (TPSA) is 81.2 Å². The first-order valence-electron chi connectivity index (χ1n) is 9.18. The fourth-order valence-corrected chi connectivity index (χ4v) is 6.67. The predicted molar refractivity (Wildman–Crippen MR) is 108 cm³/mol. The van der Waals surface area contributed by atoms with E-state index in [9.17, 15) is 18.0 Å². The maximum Gasteiger partial charge on any atom is 0.252 e. The number of carbonyl (C=O) groups is 2. The van der Waals surface area contributed by atoms with Crippen LogP contribution in [0, 0.1) is 0 Å². The van der Waals surface area contributed by atoms with E-state index in [4.69, 9.17) is 11.6 Å². The van der Waals surface area contributed by atoms with Crippen molar-refractivity contribution in [3.8, 4) is 0 Å². The highest BCUT2D eigenvalue weighted by Crippen LogP contribution is 2.28. The van der Waals surface area contributed by atoms with Crippen molar-refractivity contribution in [3.63, 3.8) is 0 Å². The second kappa shape index (κ2) is 8.66. The Morgan fingerprint density at radius 2 is 1.86 bits per heavy atom. The molecule has 0 N–H and O–H groups in total. The molecular weight excluding hydrogens is 424 g/mol. The Kier molecular flexibility index (Phi) is 6.65. The normalized spacial score (nSPS) is 21.8. The van der Waals surface area contributed by atoms with Gasteiger partial charge in [-0.2, -0.15) is 4.31 Å². The first-order chi connectivity index (χ1) is 13.2. The molecule has 1 aromatic heterocycles. The molecule has 2 aliphatic rings. The van der Waals surface area contributed by atoms with Gasteiger partial charge in [-0.05, 0) is 31.5 Å². The number of likely N-dealkylation sites (N-methyl/N-ethyl adjacent to an activating group) is 1. The lowest BCUT2D eigenvalue weighted by Crippen LogP contribution is -2.53. The molecule has 2 saturated heterocycles. The molecule has 1 atom stereocenters. The summed E-state index contributed by atoms with van der Waals surface area (Å²) in [6.07, 6.45) is 1.66. The Bertz CT molecular complexity index is 834. The maximum absolute atomic E-state index is 12.7. The molecule has 156 valence electrons. The van der Waals surface area contributed by atoms with Crippen LogP contribution < -0.4 is 0 Å². The highest BCUT2D eigenvalue weighted by molar-refractivity contribution is 7.91. The van der Waals surface area contributed by atoms with Gasteiger partial charge in [0.2, 0.25) is 11.8 Å². The highest BCUT2D eigenvalue weighted by atomic mass is 35.5. The molecule has 2 aliphatic heterocycles. The van der Waals surface area contributed by atoms with Gasteiger partial charge in [0, 0.05) is 40.3 Å². The van der Waals surface area contributed by atoms with E-state index < -0.39 is 10.0 Å². The molecule has 11 heteroatoms. The molecule has 0 aromatic carbocycles. The number of thiophene rings is 1. The summed E-state index contributed by atoms with van der Waals surface area (Å²) >= 11 is 6.89. The highest BCUT2D eigenvalue weighted by Gasteiger charge is 2.35. The third-order valence-electron chi connectivity index (χ3n) is 5.16. The molecule has 28 heavy (non-hydrogen) atoms. The number of likely N-dealkylation sites (tertiary alicyclic amines) is 1. The number of rotatable bonds is 5. The number of piperazine rings is 1. The van der Waals surface area contributed by atoms with Crippen LogP contribution in [0.2, 0.25) is 4.34 Å². The van der Waals surface area contributed by atoms with Gasteiger partial charge in [-0.25, -0.2) is 8.42 Å². The second-order valence-corrected chi connectivity index (χ2v) is 11.1. The first-order valence-corrected chi connectivity index (χ1v) is 11.8. The molecule has 0 radical (unpaired) electrons. The fraction of sp³-hybridized carbons (Fsp3) is 0.647. The lowest BCUT2D eigenvalue weighted by atomic mass is 10.2. The van der Waals surface area contributed by atoms with Gasteiger partial charge in [0.05, 0.1) is 16.9 Å². The molecule has 0 saturated carbocycles. The second-order valence-electron chi connectivity index (χ2n) is 7.20. The minimum Gasteiger partial charge on any atom is -0.347 e. The van der Waals surface area contributed by atoms with E-state index in [1.165, 1.54) is 10.4 Å². The number of halogens is 1. The third kappa shape index (κ3) is 4.51. The number of carbonyl (C=O) groups excluding carboxylic acids is 2. The largest absolute Gasteiger partial charge is 0.347 e. The summed E-state index contributed by atoms with van der Waals surface area (Å²) in [5.74, 6) is -0.0366. The summed E-state index contributed by atoms with van der Waals surface area (Å²) < 4.78 is 27.4. The van der Waals surface area contributed by atoms with E-state index in [1.807, 2.05) is 4.90 Å². The summed E-state index contributed by atoms with van der Waals surface area (Å²) in [4.78, 5) is 30.2. The molecule has 0 aliphatic carbocycles. The smallest absolute Gasteiger partial charge is 0.252 e. The van der Waals surface area contributed by atoms with E-state index in [0.717, 1.165) is 30.7 Å². The van der Waals surface area contributed by atoms with Crippen molar-refractivity contribution in [2.45, 2.75) is 23.1 Å². The maximum atomic E-state index is 12.7. The summed E-state index contributed by atoms with van der Waals surface area (Å²) in [5, 5.41) is 0. The molecule has 1 aromatic rings. The van der Waals surface area contributed by atoms with Crippen LogP contribution in [0.25, 0.3) is 0 Å². The minimum absolute atomic E-state index is 0.0239. The van der Waals surface area contributed by atoms with Crippen molar-refractivity contribution in [1.82, 2.24) is 19.0 Å². The lowest BCUT2D eigenvalue weighted by Gasteiger charge is -2.35. The van der Waals surface area contributed by atoms with Crippen molar-refractivity contribution in [2.75, 3.05) is 53.4 Å². The zero-order valence-electron chi connectivity index (χ0n) is 16.0.